The molecule has 0 saturated carbocycles. The maximum Gasteiger partial charge on any atom is 0.0496 e. The lowest BCUT2D eigenvalue weighted by Crippen LogP contribution is -2.31. The van der Waals surface area contributed by atoms with Crippen molar-refractivity contribution < 1.29 is 0 Å². The molecule has 0 saturated heterocycles. The minimum absolute atomic E-state index is 0.189. The van der Waals surface area contributed by atoms with Crippen molar-refractivity contribution in [1.82, 2.24) is 0 Å². The molecule has 0 bridgehead atoms. The zero-order valence-corrected chi connectivity index (χ0v) is 35.3. The molecule has 1 heteroatoms. The molecule has 0 radical (unpaired) electrons. The molecule has 1 unspecified atom stereocenters. The molecule has 8 aromatic carbocycles. The number of benzene rings is 8. The zero-order valence-electron chi connectivity index (χ0n) is 35.3. The summed E-state index contributed by atoms with van der Waals surface area (Å²) in [7, 11) is 0. The van der Waals surface area contributed by atoms with Crippen LogP contribution in [-0.2, 0) is 5.41 Å². The SMILES string of the molecule is C=C/C=C(\C=C/C)c1cccc(N(c2cccc(-c3cc4ccccc4c4ccccc34)c2)c2ccc3c(c2)C(c2ccccc2)(c2ccccc2)C/C=C\C=C/C3C)c1C. The minimum Gasteiger partial charge on any atom is -0.310 e. The van der Waals surface area contributed by atoms with E-state index in [1.165, 1.54) is 66.1 Å². The van der Waals surface area contributed by atoms with Crippen LogP contribution in [0.1, 0.15) is 59.6 Å². The van der Waals surface area contributed by atoms with Crippen molar-refractivity contribution in [3.05, 3.63) is 264 Å². The maximum absolute atomic E-state index is 4.07. The van der Waals surface area contributed by atoms with Gasteiger partial charge in [0.15, 0.2) is 0 Å². The lowest BCUT2D eigenvalue weighted by Gasteiger charge is -2.39. The molecule has 61 heavy (non-hydrogen) atoms. The largest absolute Gasteiger partial charge is 0.310 e. The highest BCUT2D eigenvalue weighted by Crippen LogP contribution is 2.49. The minimum atomic E-state index is -0.454. The van der Waals surface area contributed by atoms with Crippen LogP contribution in [0.25, 0.3) is 38.2 Å². The van der Waals surface area contributed by atoms with Gasteiger partial charge in [-0.3, -0.25) is 0 Å². The van der Waals surface area contributed by atoms with Gasteiger partial charge in [0.1, 0.15) is 0 Å². The highest BCUT2D eigenvalue weighted by molar-refractivity contribution is 6.14. The first-order chi connectivity index (χ1) is 30.0. The molecule has 0 spiro atoms. The molecule has 0 N–H and O–H groups in total. The van der Waals surface area contributed by atoms with Crippen LogP contribution in [0.3, 0.4) is 0 Å². The van der Waals surface area contributed by atoms with Crippen LogP contribution in [0.2, 0.25) is 0 Å². The standard InChI is InChI=1S/C60H51N/c1-5-22-45(23-6-2)53-35-21-36-59(44(53)4)61(50-31-20-26-46(40-50)57-41-47-25-15-16-32-54(47)55-33-17-18-34-56(55)57)51-37-38-52-43(3)24-10-9-19-39-60(58(52)42-51,48-27-11-7-12-28-48)49-29-13-8-14-30-49/h5-38,40-43H,1,39H2,2-4H3/b19-9-,23-6-,24-10-,45-22+. The molecule has 0 amide bonds. The topological polar surface area (TPSA) is 3.24 Å². The second kappa shape index (κ2) is 17.2. The Morgan fingerprint density at radius 2 is 1.33 bits per heavy atom. The van der Waals surface area contributed by atoms with E-state index >= 15 is 0 Å². The van der Waals surface area contributed by atoms with Crippen LogP contribution in [-0.4, -0.2) is 0 Å². The van der Waals surface area contributed by atoms with Gasteiger partial charge in [-0.2, -0.15) is 0 Å². The molecule has 296 valence electrons. The molecule has 9 rings (SSSR count). The summed E-state index contributed by atoms with van der Waals surface area (Å²) in [5.74, 6) is 0.189. The molecule has 1 atom stereocenters. The van der Waals surface area contributed by atoms with E-state index in [2.05, 4.69) is 251 Å². The first-order valence-corrected chi connectivity index (χ1v) is 21.5. The Bertz CT molecular complexity index is 2960. The Balaban J connectivity index is 1.34. The van der Waals surface area contributed by atoms with Crippen LogP contribution in [0.5, 0.6) is 0 Å². The van der Waals surface area contributed by atoms with Crippen molar-refractivity contribution in [2.24, 2.45) is 0 Å². The molecule has 8 aromatic rings. The Hall–Kier alpha value is -7.22. The monoisotopic (exact) mass is 785 g/mol. The number of rotatable bonds is 9. The van der Waals surface area contributed by atoms with Gasteiger partial charge in [0.25, 0.3) is 0 Å². The Morgan fingerprint density at radius 1 is 0.656 bits per heavy atom. The molecular formula is C60H51N. The summed E-state index contributed by atoms with van der Waals surface area (Å²) in [6.07, 6.45) is 18.2. The van der Waals surface area contributed by atoms with Crippen LogP contribution < -0.4 is 4.90 Å². The fraction of sp³-hybridized carbons (Fsp3) is 0.100. The summed E-state index contributed by atoms with van der Waals surface area (Å²) in [6.45, 7) is 10.7. The van der Waals surface area contributed by atoms with Gasteiger partial charge in [0, 0.05) is 22.5 Å². The third kappa shape index (κ3) is 7.27. The van der Waals surface area contributed by atoms with Crippen molar-refractivity contribution >= 4 is 44.2 Å². The Kier molecular flexibility index (Phi) is 11.0. The number of hydrogen-bond donors (Lipinski definition) is 0. The Morgan fingerprint density at radius 3 is 2.07 bits per heavy atom. The summed E-state index contributed by atoms with van der Waals surface area (Å²) in [5, 5.41) is 5.02. The van der Waals surface area contributed by atoms with Crippen molar-refractivity contribution in [3.8, 4) is 11.1 Å². The van der Waals surface area contributed by atoms with Gasteiger partial charge in [-0.15, -0.1) is 0 Å². The van der Waals surface area contributed by atoms with Gasteiger partial charge in [-0.25, -0.2) is 0 Å². The quantitative estimate of drug-likeness (QED) is 0.104. The lowest BCUT2D eigenvalue weighted by molar-refractivity contribution is 0.617. The summed E-state index contributed by atoms with van der Waals surface area (Å²) in [5.41, 5.74) is 13.9. The zero-order chi connectivity index (χ0) is 41.8. The second-order valence-corrected chi connectivity index (χ2v) is 16.1. The fourth-order valence-corrected chi connectivity index (χ4v) is 9.63. The highest BCUT2D eigenvalue weighted by atomic mass is 15.1. The average Bonchev–Trinajstić information content (AvgIpc) is 3.38. The summed E-state index contributed by atoms with van der Waals surface area (Å²) in [4.78, 5) is 2.48. The molecule has 1 aliphatic rings. The first-order valence-electron chi connectivity index (χ1n) is 21.5. The maximum atomic E-state index is 4.07. The van der Waals surface area contributed by atoms with E-state index in [9.17, 15) is 0 Å². The van der Waals surface area contributed by atoms with E-state index in [0.29, 0.717) is 0 Å². The molecule has 1 aliphatic carbocycles. The predicted molar refractivity (Wildman–Crippen MR) is 263 cm³/mol. The summed E-state index contributed by atoms with van der Waals surface area (Å²) in [6, 6.07) is 65.2. The smallest absolute Gasteiger partial charge is 0.0496 e. The van der Waals surface area contributed by atoms with Crippen molar-refractivity contribution in [2.45, 2.75) is 38.5 Å². The molecule has 0 aliphatic heterocycles. The van der Waals surface area contributed by atoms with E-state index < -0.39 is 5.41 Å². The summed E-state index contributed by atoms with van der Waals surface area (Å²) < 4.78 is 0. The van der Waals surface area contributed by atoms with Crippen LogP contribution in [0, 0.1) is 6.92 Å². The van der Waals surface area contributed by atoms with E-state index in [0.717, 1.165) is 29.1 Å². The van der Waals surface area contributed by atoms with Crippen molar-refractivity contribution in [2.75, 3.05) is 4.90 Å². The highest BCUT2D eigenvalue weighted by Gasteiger charge is 2.38. The van der Waals surface area contributed by atoms with E-state index in [1.54, 1.807) is 0 Å². The van der Waals surface area contributed by atoms with E-state index in [1.807, 2.05) is 6.08 Å². The number of fused-ring (bicyclic) bond motifs is 4. The normalized spacial score (nSPS) is 16.0. The van der Waals surface area contributed by atoms with Gasteiger partial charge >= 0.3 is 0 Å². The molecule has 0 aromatic heterocycles. The van der Waals surface area contributed by atoms with E-state index in [4.69, 9.17) is 0 Å². The number of hydrogen-bond acceptors (Lipinski definition) is 1. The van der Waals surface area contributed by atoms with E-state index in [-0.39, 0.29) is 5.92 Å². The lowest BCUT2D eigenvalue weighted by atomic mass is 9.65. The fourth-order valence-electron chi connectivity index (χ4n) is 9.63. The van der Waals surface area contributed by atoms with Gasteiger partial charge in [-0.1, -0.05) is 202 Å². The first kappa shape index (κ1) is 39.3. The van der Waals surface area contributed by atoms with Gasteiger partial charge < -0.3 is 4.90 Å². The number of nitrogens with zero attached hydrogens (tertiary/aromatic N) is 1. The number of anilines is 3. The molecule has 0 heterocycles. The summed E-state index contributed by atoms with van der Waals surface area (Å²) >= 11 is 0. The van der Waals surface area contributed by atoms with Crippen molar-refractivity contribution in [3.63, 3.8) is 0 Å². The molecule has 1 nitrogen and oxygen atoms in total. The number of allylic oxidation sites excluding steroid dienone is 9. The van der Waals surface area contributed by atoms with Crippen LogP contribution in [0.15, 0.2) is 231 Å². The van der Waals surface area contributed by atoms with Gasteiger partial charge in [-0.05, 0) is 134 Å². The second-order valence-electron chi connectivity index (χ2n) is 16.1. The molecular weight excluding hydrogens is 735 g/mol. The predicted octanol–water partition coefficient (Wildman–Crippen LogP) is 16.5. The van der Waals surface area contributed by atoms with Crippen LogP contribution in [0.4, 0.5) is 17.1 Å². The van der Waals surface area contributed by atoms with Crippen LogP contribution >= 0.6 is 0 Å². The average molecular weight is 786 g/mol. The third-order valence-corrected chi connectivity index (χ3v) is 12.5. The Labute approximate surface area is 361 Å². The third-order valence-electron chi connectivity index (χ3n) is 12.5. The van der Waals surface area contributed by atoms with Gasteiger partial charge in [0.2, 0.25) is 0 Å². The molecule has 0 fully saturated rings. The van der Waals surface area contributed by atoms with Gasteiger partial charge in [0.05, 0.1) is 0 Å². The van der Waals surface area contributed by atoms with Crippen molar-refractivity contribution in [1.29, 1.82) is 0 Å².